The Morgan fingerprint density at radius 2 is 1.69 bits per heavy atom. The number of morpholine rings is 1. The first-order valence-electron chi connectivity index (χ1n) is 11.9. The number of rotatable bonds is 9. The number of amides is 1. The molecule has 0 saturated carbocycles. The second-order valence-corrected chi connectivity index (χ2v) is 9.30. The maximum atomic E-state index is 12.8. The summed E-state index contributed by atoms with van der Waals surface area (Å²) < 4.78 is 5.73. The third-order valence-corrected chi connectivity index (χ3v) is 5.80. The molecule has 2 atom stereocenters. The molecule has 1 aliphatic rings. The van der Waals surface area contributed by atoms with E-state index in [1.807, 2.05) is 43.0 Å². The van der Waals surface area contributed by atoms with Gasteiger partial charge in [-0.25, -0.2) is 0 Å². The van der Waals surface area contributed by atoms with Gasteiger partial charge in [-0.15, -0.1) is 0 Å². The van der Waals surface area contributed by atoms with Crippen LogP contribution in [0, 0.1) is 0 Å². The van der Waals surface area contributed by atoms with Crippen LogP contribution in [0.5, 0.6) is 0 Å². The monoisotopic (exact) mass is 445 g/mol. The summed E-state index contributed by atoms with van der Waals surface area (Å²) in [6.45, 7) is 16.9. The fraction of sp³-hybridized carbons (Fsp3) is 0.680. The maximum Gasteiger partial charge on any atom is 0.254 e. The molecule has 32 heavy (non-hydrogen) atoms. The van der Waals surface area contributed by atoms with Crippen molar-refractivity contribution in [1.29, 1.82) is 0 Å². The number of hydrogen-bond acceptors (Lipinski definition) is 4. The number of guanidine groups is 1. The second-order valence-electron chi connectivity index (χ2n) is 9.30. The quantitative estimate of drug-likeness (QED) is 0.347. The molecule has 0 spiro atoms. The van der Waals surface area contributed by atoms with E-state index in [9.17, 15) is 4.79 Å². The van der Waals surface area contributed by atoms with E-state index in [0.717, 1.165) is 36.6 Å². The highest BCUT2D eigenvalue weighted by Gasteiger charge is 2.26. The first-order valence-corrected chi connectivity index (χ1v) is 11.9. The predicted molar refractivity (Wildman–Crippen MR) is 132 cm³/mol. The van der Waals surface area contributed by atoms with Crippen LogP contribution in [-0.2, 0) is 11.3 Å². The highest BCUT2D eigenvalue weighted by Crippen LogP contribution is 2.15. The lowest BCUT2D eigenvalue weighted by molar-refractivity contribution is -0.0586. The first kappa shape index (κ1) is 26.1. The number of carbonyl (C=O) groups excluding carboxylic acids is 1. The molecule has 1 aromatic rings. The van der Waals surface area contributed by atoms with E-state index in [1.54, 1.807) is 7.05 Å². The molecule has 1 heterocycles. The van der Waals surface area contributed by atoms with Crippen molar-refractivity contribution in [2.24, 2.45) is 4.99 Å². The Balaban J connectivity index is 1.78. The van der Waals surface area contributed by atoms with Crippen molar-refractivity contribution in [1.82, 2.24) is 20.4 Å². The van der Waals surface area contributed by atoms with Gasteiger partial charge in [-0.3, -0.25) is 14.7 Å². The van der Waals surface area contributed by atoms with E-state index in [-0.39, 0.29) is 18.1 Å². The molecular weight excluding hydrogens is 402 g/mol. The minimum Gasteiger partial charge on any atom is -0.372 e. The Morgan fingerprint density at radius 3 is 2.22 bits per heavy atom. The number of carbonyl (C=O) groups is 1. The van der Waals surface area contributed by atoms with Gasteiger partial charge in [-0.2, -0.15) is 0 Å². The molecule has 1 saturated heterocycles. The first-order chi connectivity index (χ1) is 15.2. The van der Waals surface area contributed by atoms with Crippen molar-refractivity contribution in [2.45, 2.75) is 78.8 Å². The lowest BCUT2D eigenvalue weighted by Crippen LogP contribution is -2.48. The molecule has 180 valence electrons. The van der Waals surface area contributed by atoms with Gasteiger partial charge in [0.15, 0.2) is 5.96 Å². The Labute approximate surface area is 194 Å². The lowest BCUT2D eigenvalue weighted by atomic mass is 10.1. The molecule has 0 aromatic heterocycles. The van der Waals surface area contributed by atoms with Gasteiger partial charge in [0.05, 0.1) is 12.2 Å². The largest absolute Gasteiger partial charge is 0.372 e. The number of aliphatic imine (C=N–C) groups is 1. The van der Waals surface area contributed by atoms with Gasteiger partial charge in [0.1, 0.15) is 0 Å². The fourth-order valence-corrected chi connectivity index (χ4v) is 4.28. The molecule has 0 radical (unpaired) electrons. The standard InChI is InChI=1S/C25H43N5O2/c1-18(2)30(19(3)4)14-8-13-27-25(26-7)28-15-22-9-11-23(12-10-22)24(31)29-16-20(5)32-21(6)17-29/h9-12,18-21H,8,13-17H2,1-7H3,(H2,26,27,28). The van der Waals surface area contributed by atoms with Crippen molar-refractivity contribution in [2.75, 3.05) is 33.2 Å². The summed E-state index contributed by atoms with van der Waals surface area (Å²) in [5.74, 6) is 0.864. The summed E-state index contributed by atoms with van der Waals surface area (Å²) in [7, 11) is 1.79. The Bertz CT molecular complexity index is 714. The van der Waals surface area contributed by atoms with Crippen LogP contribution in [0.4, 0.5) is 0 Å². The number of nitrogens with one attached hydrogen (secondary N) is 2. The molecular formula is C25H43N5O2. The summed E-state index contributed by atoms with van der Waals surface area (Å²) in [5, 5.41) is 6.75. The highest BCUT2D eigenvalue weighted by molar-refractivity contribution is 5.94. The average molecular weight is 446 g/mol. The van der Waals surface area contributed by atoms with Crippen LogP contribution in [0.1, 0.15) is 63.9 Å². The van der Waals surface area contributed by atoms with Gasteiger partial charge >= 0.3 is 0 Å². The number of nitrogens with zero attached hydrogens (tertiary/aromatic N) is 3. The molecule has 1 fully saturated rings. The summed E-state index contributed by atoms with van der Waals surface area (Å²) >= 11 is 0. The van der Waals surface area contributed by atoms with Gasteiger partial charge in [0, 0.05) is 57.4 Å². The van der Waals surface area contributed by atoms with Crippen molar-refractivity contribution in [3.63, 3.8) is 0 Å². The fourth-order valence-electron chi connectivity index (χ4n) is 4.28. The minimum absolute atomic E-state index is 0.0702. The van der Waals surface area contributed by atoms with Gasteiger partial charge in [-0.05, 0) is 65.7 Å². The van der Waals surface area contributed by atoms with E-state index in [4.69, 9.17) is 4.74 Å². The predicted octanol–water partition coefficient (Wildman–Crippen LogP) is 3.11. The smallest absolute Gasteiger partial charge is 0.254 e. The van der Waals surface area contributed by atoms with Gasteiger partial charge < -0.3 is 20.3 Å². The maximum absolute atomic E-state index is 12.8. The minimum atomic E-state index is 0.0702. The topological polar surface area (TPSA) is 69.2 Å². The zero-order chi connectivity index (χ0) is 23.7. The van der Waals surface area contributed by atoms with Gasteiger partial charge in [0.2, 0.25) is 0 Å². The molecule has 1 amide bonds. The van der Waals surface area contributed by atoms with E-state index >= 15 is 0 Å². The van der Waals surface area contributed by atoms with Crippen LogP contribution >= 0.6 is 0 Å². The Morgan fingerprint density at radius 1 is 1.09 bits per heavy atom. The van der Waals surface area contributed by atoms with Crippen LogP contribution in [-0.4, -0.2) is 79.2 Å². The molecule has 2 unspecified atom stereocenters. The van der Waals surface area contributed by atoms with Crippen molar-refractivity contribution >= 4 is 11.9 Å². The van der Waals surface area contributed by atoms with Crippen LogP contribution in [0.25, 0.3) is 0 Å². The van der Waals surface area contributed by atoms with Crippen molar-refractivity contribution < 1.29 is 9.53 Å². The van der Waals surface area contributed by atoms with Crippen LogP contribution < -0.4 is 10.6 Å². The molecule has 0 aliphatic carbocycles. The number of ether oxygens (including phenoxy) is 1. The lowest BCUT2D eigenvalue weighted by Gasteiger charge is -2.35. The third kappa shape index (κ3) is 8.10. The summed E-state index contributed by atoms with van der Waals surface area (Å²) in [4.78, 5) is 21.5. The number of benzene rings is 1. The van der Waals surface area contributed by atoms with Crippen LogP contribution in [0.3, 0.4) is 0 Å². The second kappa shape index (κ2) is 12.8. The van der Waals surface area contributed by atoms with Crippen molar-refractivity contribution in [3.05, 3.63) is 35.4 Å². The van der Waals surface area contributed by atoms with Gasteiger partial charge in [0.25, 0.3) is 5.91 Å². The molecule has 7 nitrogen and oxygen atoms in total. The molecule has 2 N–H and O–H groups in total. The molecule has 0 bridgehead atoms. The number of hydrogen-bond donors (Lipinski definition) is 2. The summed E-state index contributed by atoms with van der Waals surface area (Å²) in [6.07, 6.45) is 1.21. The normalized spacial score (nSPS) is 19.7. The summed E-state index contributed by atoms with van der Waals surface area (Å²) in [6, 6.07) is 8.93. The highest BCUT2D eigenvalue weighted by atomic mass is 16.5. The van der Waals surface area contributed by atoms with Gasteiger partial charge in [-0.1, -0.05) is 12.1 Å². The Kier molecular flexibility index (Phi) is 10.5. The average Bonchev–Trinajstić information content (AvgIpc) is 2.74. The third-order valence-electron chi connectivity index (χ3n) is 5.80. The van der Waals surface area contributed by atoms with E-state index in [1.165, 1.54) is 0 Å². The van der Waals surface area contributed by atoms with Crippen molar-refractivity contribution in [3.8, 4) is 0 Å². The zero-order valence-electron chi connectivity index (χ0n) is 21.0. The van der Waals surface area contributed by atoms with Crippen LogP contribution in [0.15, 0.2) is 29.3 Å². The van der Waals surface area contributed by atoms with E-state index in [0.29, 0.717) is 31.7 Å². The Hall–Kier alpha value is -2.12. The molecule has 1 aliphatic heterocycles. The molecule has 7 heteroatoms. The van der Waals surface area contributed by atoms with E-state index in [2.05, 4.69) is 48.2 Å². The SMILES string of the molecule is CN=C(NCCCN(C(C)C)C(C)C)NCc1ccc(C(=O)N2CC(C)OC(C)C2)cc1. The zero-order valence-corrected chi connectivity index (χ0v) is 21.0. The van der Waals surface area contributed by atoms with Crippen LogP contribution in [0.2, 0.25) is 0 Å². The van der Waals surface area contributed by atoms with E-state index < -0.39 is 0 Å². The molecule has 2 rings (SSSR count). The molecule has 1 aromatic carbocycles. The summed E-state index contributed by atoms with van der Waals surface area (Å²) in [5.41, 5.74) is 1.83.